The topological polar surface area (TPSA) is 69.6 Å². The summed E-state index contributed by atoms with van der Waals surface area (Å²) in [4.78, 5) is 4.11. The van der Waals surface area contributed by atoms with E-state index in [0.29, 0.717) is 11.0 Å². The first kappa shape index (κ1) is 8.52. The van der Waals surface area contributed by atoms with Gasteiger partial charge >= 0.3 is 0 Å². The Morgan fingerprint density at radius 1 is 1.54 bits per heavy atom. The molecule has 0 bridgehead atoms. The van der Waals surface area contributed by atoms with Crippen molar-refractivity contribution in [1.82, 2.24) is 19.9 Å². The molecule has 0 saturated heterocycles. The Morgan fingerprint density at radius 2 is 2.38 bits per heavy atom. The number of hydrogen-bond donors (Lipinski definition) is 1. The third-order valence-electron chi connectivity index (χ3n) is 1.42. The molecular weight excluding hydrogens is 206 g/mol. The summed E-state index contributed by atoms with van der Waals surface area (Å²) in [5.41, 5.74) is 0. The van der Waals surface area contributed by atoms with E-state index < -0.39 is 0 Å². The molecule has 0 amide bonds. The zero-order valence-corrected chi connectivity index (χ0v) is 8.47. The summed E-state index contributed by atoms with van der Waals surface area (Å²) in [6.45, 7) is 1.80. The first-order valence-electron chi connectivity index (χ1n) is 3.52. The van der Waals surface area contributed by atoms with Gasteiger partial charge in [0, 0.05) is 11.6 Å². The standard InChI is InChI=1S/C6H7N5S2/c1-4-9-10-5(11(4)7)13-6-8-2-3-12-6/h2-3H,7H2,1H3. The fraction of sp³-hybridized carbons (Fsp3) is 0.167. The Labute approximate surface area is 83.0 Å². The van der Waals surface area contributed by atoms with Gasteiger partial charge in [0.05, 0.1) is 0 Å². The molecule has 0 radical (unpaired) electrons. The second-order valence-corrected chi connectivity index (χ2v) is 4.41. The van der Waals surface area contributed by atoms with Gasteiger partial charge in [0.15, 0.2) is 4.34 Å². The van der Waals surface area contributed by atoms with Crippen molar-refractivity contribution in [3.05, 3.63) is 17.4 Å². The van der Waals surface area contributed by atoms with Crippen LogP contribution in [0.15, 0.2) is 21.1 Å². The van der Waals surface area contributed by atoms with Crippen molar-refractivity contribution >= 4 is 23.1 Å². The van der Waals surface area contributed by atoms with E-state index in [1.165, 1.54) is 16.4 Å². The first-order valence-corrected chi connectivity index (χ1v) is 5.21. The lowest BCUT2D eigenvalue weighted by atomic mass is 10.7. The average molecular weight is 213 g/mol. The maximum Gasteiger partial charge on any atom is 0.216 e. The summed E-state index contributed by atoms with van der Waals surface area (Å²) in [6, 6.07) is 0. The summed E-state index contributed by atoms with van der Waals surface area (Å²) >= 11 is 2.96. The van der Waals surface area contributed by atoms with Crippen molar-refractivity contribution in [2.45, 2.75) is 16.4 Å². The molecule has 0 unspecified atom stereocenters. The Balaban J connectivity index is 2.24. The predicted octanol–water partition coefficient (Wildman–Crippen LogP) is 0.908. The van der Waals surface area contributed by atoms with Crippen LogP contribution in [0.5, 0.6) is 0 Å². The minimum absolute atomic E-state index is 0.660. The van der Waals surface area contributed by atoms with Gasteiger partial charge in [-0.2, -0.15) is 0 Å². The molecular formula is C6H7N5S2. The van der Waals surface area contributed by atoms with E-state index in [1.54, 1.807) is 24.5 Å². The van der Waals surface area contributed by atoms with Crippen LogP contribution in [0.1, 0.15) is 5.82 Å². The van der Waals surface area contributed by atoms with Crippen LogP contribution in [-0.4, -0.2) is 19.9 Å². The number of aromatic nitrogens is 4. The molecule has 0 atom stereocenters. The van der Waals surface area contributed by atoms with Gasteiger partial charge in [-0.1, -0.05) is 0 Å². The van der Waals surface area contributed by atoms with Crippen LogP contribution >= 0.6 is 23.1 Å². The lowest BCUT2D eigenvalue weighted by Crippen LogP contribution is -2.11. The fourth-order valence-corrected chi connectivity index (χ4v) is 2.28. The number of thiazole rings is 1. The van der Waals surface area contributed by atoms with E-state index in [2.05, 4.69) is 15.2 Å². The lowest BCUT2D eigenvalue weighted by molar-refractivity contribution is 0.825. The van der Waals surface area contributed by atoms with E-state index in [9.17, 15) is 0 Å². The normalized spacial score (nSPS) is 10.5. The largest absolute Gasteiger partial charge is 0.336 e. The smallest absolute Gasteiger partial charge is 0.216 e. The highest BCUT2D eigenvalue weighted by Gasteiger charge is 2.08. The number of aryl methyl sites for hydroxylation is 1. The molecule has 0 aliphatic heterocycles. The second kappa shape index (κ2) is 3.35. The van der Waals surface area contributed by atoms with Gasteiger partial charge in [0.25, 0.3) is 0 Å². The minimum atomic E-state index is 0.660. The van der Waals surface area contributed by atoms with Crippen LogP contribution in [0.25, 0.3) is 0 Å². The molecule has 2 aromatic heterocycles. The number of nitrogens with two attached hydrogens (primary N) is 1. The highest BCUT2D eigenvalue weighted by molar-refractivity contribution is 8.00. The maximum absolute atomic E-state index is 5.67. The lowest BCUT2D eigenvalue weighted by Gasteiger charge is -1.96. The number of nitrogen functional groups attached to an aromatic ring is 1. The molecule has 68 valence electrons. The van der Waals surface area contributed by atoms with Crippen LogP contribution in [0.3, 0.4) is 0 Å². The van der Waals surface area contributed by atoms with Gasteiger partial charge in [0.1, 0.15) is 5.82 Å². The molecule has 0 aliphatic rings. The number of nitrogens with zero attached hydrogens (tertiary/aromatic N) is 4. The molecule has 2 rings (SSSR count). The van der Waals surface area contributed by atoms with Crippen LogP contribution < -0.4 is 5.84 Å². The predicted molar refractivity (Wildman–Crippen MR) is 51.1 cm³/mol. The monoisotopic (exact) mass is 213 g/mol. The molecule has 2 aromatic rings. The molecule has 2 heterocycles. The van der Waals surface area contributed by atoms with Crippen LogP contribution in [0, 0.1) is 6.92 Å². The van der Waals surface area contributed by atoms with Gasteiger partial charge in [-0.3, -0.25) is 0 Å². The Hall–Kier alpha value is -1.08. The quantitative estimate of drug-likeness (QED) is 0.751. The Bertz CT molecular complexity index is 393. The number of hydrogen-bond acceptors (Lipinski definition) is 6. The van der Waals surface area contributed by atoms with Gasteiger partial charge in [-0.05, 0) is 18.7 Å². The zero-order valence-electron chi connectivity index (χ0n) is 6.84. The van der Waals surface area contributed by atoms with Crippen molar-refractivity contribution in [3.8, 4) is 0 Å². The molecule has 0 fully saturated rings. The molecule has 0 spiro atoms. The van der Waals surface area contributed by atoms with E-state index in [4.69, 9.17) is 5.84 Å². The van der Waals surface area contributed by atoms with Crippen LogP contribution in [0.4, 0.5) is 0 Å². The molecule has 2 N–H and O–H groups in total. The van der Waals surface area contributed by atoms with Crippen LogP contribution in [0.2, 0.25) is 0 Å². The van der Waals surface area contributed by atoms with Crippen molar-refractivity contribution in [2.75, 3.05) is 5.84 Å². The van der Waals surface area contributed by atoms with Gasteiger partial charge in [-0.15, -0.1) is 21.5 Å². The number of rotatable bonds is 2. The average Bonchev–Trinajstić information content (AvgIpc) is 2.71. The van der Waals surface area contributed by atoms with Gasteiger partial charge < -0.3 is 5.84 Å². The summed E-state index contributed by atoms with van der Waals surface area (Å²) in [5, 5.41) is 10.3. The van der Waals surface area contributed by atoms with Crippen molar-refractivity contribution in [3.63, 3.8) is 0 Å². The third kappa shape index (κ3) is 1.65. The first-order chi connectivity index (χ1) is 6.27. The zero-order chi connectivity index (χ0) is 9.26. The molecule has 5 nitrogen and oxygen atoms in total. The Morgan fingerprint density at radius 3 is 2.92 bits per heavy atom. The summed E-state index contributed by atoms with van der Waals surface area (Å²) < 4.78 is 2.37. The van der Waals surface area contributed by atoms with E-state index in [1.807, 2.05) is 5.38 Å². The minimum Gasteiger partial charge on any atom is -0.336 e. The molecule has 7 heteroatoms. The summed E-state index contributed by atoms with van der Waals surface area (Å²) in [6.07, 6.45) is 1.75. The highest BCUT2D eigenvalue weighted by atomic mass is 32.2. The molecule has 0 saturated carbocycles. The van der Waals surface area contributed by atoms with E-state index in [0.717, 1.165) is 4.34 Å². The Kier molecular flexibility index (Phi) is 2.19. The van der Waals surface area contributed by atoms with Gasteiger partial charge in [0.2, 0.25) is 5.16 Å². The third-order valence-corrected chi connectivity index (χ3v) is 3.27. The molecule has 13 heavy (non-hydrogen) atoms. The van der Waals surface area contributed by atoms with Gasteiger partial charge in [-0.25, -0.2) is 9.66 Å². The summed E-state index contributed by atoms with van der Waals surface area (Å²) in [5.74, 6) is 6.36. The van der Waals surface area contributed by atoms with Crippen molar-refractivity contribution < 1.29 is 0 Å². The molecule has 0 aliphatic carbocycles. The summed E-state index contributed by atoms with van der Waals surface area (Å²) in [7, 11) is 0. The van der Waals surface area contributed by atoms with Crippen LogP contribution in [-0.2, 0) is 0 Å². The highest BCUT2D eigenvalue weighted by Crippen LogP contribution is 2.26. The van der Waals surface area contributed by atoms with E-state index in [-0.39, 0.29) is 0 Å². The second-order valence-electron chi connectivity index (χ2n) is 2.30. The van der Waals surface area contributed by atoms with E-state index >= 15 is 0 Å². The maximum atomic E-state index is 5.67. The van der Waals surface area contributed by atoms with Crippen molar-refractivity contribution in [1.29, 1.82) is 0 Å². The van der Waals surface area contributed by atoms with Crippen molar-refractivity contribution in [2.24, 2.45) is 0 Å². The fourth-order valence-electron chi connectivity index (χ4n) is 0.758. The molecule has 0 aromatic carbocycles. The SMILES string of the molecule is Cc1nnc(Sc2nccs2)n1N.